The Morgan fingerprint density at radius 1 is 1.47 bits per heavy atom. The molecule has 0 bridgehead atoms. The average Bonchev–Trinajstić information content (AvgIpc) is 2.85. The maximum Gasteiger partial charge on any atom is 0.241 e. The normalized spacial score (nSPS) is 22.9. The van der Waals surface area contributed by atoms with E-state index in [4.69, 9.17) is 0 Å². The summed E-state index contributed by atoms with van der Waals surface area (Å²) in [6.07, 6.45) is 1.13. The summed E-state index contributed by atoms with van der Waals surface area (Å²) in [5, 5.41) is 5.10. The molecule has 108 valence electrons. The molecule has 0 saturated heterocycles. The van der Waals surface area contributed by atoms with Gasteiger partial charge in [0.05, 0.1) is 4.90 Å². The first-order valence-corrected chi connectivity index (χ1v) is 9.06. The van der Waals surface area contributed by atoms with Gasteiger partial charge >= 0.3 is 0 Å². The van der Waals surface area contributed by atoms with Gasteiger partial charge < -0.3 is 5.32 Å². The standard InChI is InChI=1S/C13H22N2O2S2/c1-9(2)14-8-12-13(4-5-18-12)19(16,17)15-7-11-6-10(11)3/h4-5,9-11,14-15H,6-8H2,1-3H3. The fourth-order valence-electron chi connectivity index (χ4n) is 1.97. The van der Waals surface area contributed by atoms with Crippen LogP contribution in [0.25, 0.3) is 0 Å². The van der Waals surface area contributed by atoms with E-state index in [1.54, 1.807) is 6.07 Å². The number of sulfonamides is 1. The lowest BCUT2D eigenvalue weighted by Crippen LogP contribution is -2.28. The molecule has 1 fully saturated rings. The van der Waals surface area contributed by atoms with E-state index in [1.165, 1.54) is 11.3 Å². The monoisotopic (exact) mass is 302 g/mol. The zero-order valence-electron chi connectivity index (χ0n) is 11.6. The summed E-state index contributed by atoms with van der Waals surface area (Å²) in [4.78, 5) is 1.31. The molecule has 1 aliphatic carbocycles. The fourth-order valence-corrected chi connectivity index (χ4v) is 4.46. The lowest BCUT2D eigenvalue weighted by Gasteiger charge is -2.10. The molecule has 2 N–H and O–H groups in total. The van der Waals surface area contributed by atoms with Crippen molar-refractivity contribution in [2.75, 3.05) is 6.54 Å². The van der Waals surface area contributed by atoms with Crippen LogP contribution in [-0.2, 0) is 16.6 Å². The van der Waals surface area contributed by atoms with Gasteiger partial charge in [0.1, 0.15) is 0 Å². The van der Waals surface area contributed by atoms with Gasteiger partial charge in [-0.05, 0) is 29.7 Å². The van der Waals surface area contributed by atoms with E-state index >= 15 is 0 Å². The van der Waals surface area contributed by atoms with Crippen molar-refractivity contribution in [1.82, 2.24) is 10.0 Å². The van der Waals surface area contributed by atoms with Crippen LogP contribution in [0.1, 0.15) is 32.1 Å². The van der Waals surface area contributed by atoms with E-state index in [-0.39, 0.29) is 0 Å². The highest BCUT2D eigenvalue weighted by molar-refractivity contribution is 7.89. The Balaban J connectivity index is 2.00. The molecule has 0 amide bonds. The molecule has 0 radical (unpaired) electrons. The SMILES string of the molecule is CC(C)NCc1sccc1S(=O)(=O)NCC1CC1C. The molecular formula is C13H22N2O2S2. The highest BCUT2D eigenvalue weighted by Gasteiger charge is 2.33. The van der Waals surface area contributed by atoms with Crippen LogP contribution in [0.15, 0.2) is 16.3 Å². The Morgan fingerprint density at radius 2 is 2.16 bits per heavy atom. The maximum absolute atomic E-state index is 12.3. The van der Waals surface area contributed by atoms with Crippen LogP contribution in [0.3, 0.4) is 0 Å². The number of nitrogens with one attached hydrogen (secondary N) is 2. The summed E-state index contributed by atoms with van der Waals surface area (Å²) in [7, 11) is -3.35. The minimum Gasteiger partial charge on any atom is -0.310 e. The number of thiophene rings is 1. The second-order valence-electron chi connectivity index (χ2n) is 5.57. The molecule has 1 aromatic rings. The quantitative estimate of drug-likeness (QED) is 0.811. The van der Waals surface area contributed by atoms with E-state index in [2.05, 4.69) is 30.8 Å². The van der Waals surface area contributed by atoms with Crippen LogP contribution in [-0.4, -0.2) is 21.0 Å². The molecule has 1 heterocycles. The van der Waals surface area contributed by atoms with Gasteiger partial charge in [0.15, 0.2) is 0 Å². The topological polar surface area (TPSA) is 58.2 Å². The first-order chi connectivity index (χ1) is 8.90. The van der Waals surface area contributed by atoms with Crippen LogP contribution in [0, 0.1) is 11.8 Å². The third-order valence-electron chi connectivity index (χ3n) is 3.48. The van der Waals surface area contributed by atoms with Gasteiger partial charge in [-0.25, -0.2) is 13.1 Å². The highest BCUT2D eigenvalue weighted by atomic mass is 32.2. The summed E-state index contributed by atoms with van der Waals surface area (Å²) in [6.45, 7) is 7.42. The average molecular weight is 302 g/mol. The smallest absolute Gasteiger partial charge is 0.241 e. The predicted molar refractivity (Wildman–Crippen MR) is 78.8 cm³/mol. The van der Waals surface area contributed by atoms with E-state index in [1.807, 2.05) is 5.38 Å². The molecule has 1 saturated carbocycles. The van der Waals surface area contributed by atoms with Crippen LogP contribution in [0.4, 0.5) is 0 Å². The summed E-state index contributed by atoms with van der Waals surface area (Å²) in [6, 6.07) is 2.04. The largest absolute Gasteiger partial charge is 0.310 e. The molecule has 2 atom stereocenters. The van der Waals surface area contributed by atoms with Crippen LogP contribution in [0.5, 0.6) is 0 Å². The van der Waals surface area contributed by atoms with Crippen molar-refractivity contribution < 1.29 is 8.42 Å². The molecule has 6 heteroatoms. The third kappa shape index (κ3) is 4.02. The number of hydrogen-bond acceptors (Lipinski definition) is 4. The molecule has 19 heavy (non-hydrogen) atoms. The van der Waals surface area contributed by atoms with Gasteiger partial charge in [0, 0.05) is 24.0 Å². The maximum atomic E-state index is 12.3. The minimum absolute atomic E-state index is 0.345. The Bertz CT molecular complexity index is 523. The Kier molecular flexibility index (Phi) is 4.66. The summed E-state index contributed by atoms with van der Waals surface area (Å²) >= 11 is 1.49. The van der Waals surface area contributed by atoms with Crippen molar-refractivity contribution in [3.05, 3.63) is 16.3 Å². The van der Waals surface area contributed by atoms with Crippen LogP contribution < -0.4 is 10.0 Å². The van der Waals surface area contributed by atoms with Crippen molar-refractivity contribution in [3.8, 4) is 0 Å². The summed E-state index contributed by atoms with van der Waals surface area (Å²) in [5.74, 6) is 1.18. The van der Waals surface area contributed by atoms with Gasteiger partial charge in [-0.3, -0.25) is 0 Å². The summed E-state index contributed by atoms with van der Waals surface area (Å²) < 4.78 is 27.3. The molecule has 1 aliphatic rings. The van der Waals surface area contributed by atoms with Gasteiger partial charge in [-0.1, -0.05) is 20.8 Å². The Hall–Kier alpha value is -0.430. The zero-order valence-corrected chi connectivity index (χ0v) is 13.3. The first kappa shape index (κ1) is 15.0. The van der Waals surface area contributed by atoms with Crippen molar-refractivity contribution in [2.45, 2.75) is 44.7 Å². The molecule has 2 rings (SSSR count). The number of hydrogen-bond donors (Lipinski definition) is 2. The highest BCUT2D eigenvalue weighted by Crippen LogP contribution is 2.37. The van der Waals surface area contributed by atoms with E-state index in [9.17, 15) is 8.42 Å². The van der Waals surface area contributed by atoms with Crippen molar-refractivity contribution >= 4 is 21.4 Å². The van der Waals surface area contributed by atoms with Gasteiger partial charge in [-0.2, -0.15) is 0 Å². The van der Waals surface area contributed by atoms with E-state index in [0.29, 0.717) is 35.9 Å². The fraction of sp³-hybridized carbons (Fsp3) is 0.692. The summed E-state index contributed by atoms with van der Waals surface area (Å²) in [5.41, 5.74) is 0. The molecule has 1 aromatic heterocycles. The second-order valence-corrected chi connectivity index (χ2v) is 8.30. The van der Waals surface area contributed by atoms with E-state index in [0.717, 1.165) is 11.3 Å². The molecule has 0 aliphatic heterocycles. The molecule has 0 spiro atoms. The lowest BCUT2D eigenvalue weighted by molar-refractivity contribution is 0.567. The molecular weight excluding hydrogens is 280 g/mol. The van der Waals surface area contributed by atoms with Gasteiger partial charge in [-0.15, -0.1) is 11.3 Å². The van der Waals surface area contributed by atoms with Gasteiger partial charge in [0.25, 0.3) is 0 Å². The Morgan fingerprint density at radius 3 is 2.74 bits per heavy atom. The zero-order chi connectivity index (χ0) is 14.0. The van der Waals surface area contributed by atoms with Crippen molar-refractivity contribution in [1.29, 1.82) is 0 Å². The van der Waals surface area contributed by atoms with Crippen molar-refractivity contribution in [3.63, 3.8) is 0 Å². The predicted octanol–water partition coefficient (Wildman–Crippen LogP) is 2.18. The number of rotatable bonds is 7. The Labute approximate surface area is 119 Å². The lowest BCUT2D eigenvalue weighted by atomic mass is 10.3. The van der Waals surface area contributed by atoms with Crippen LogP contribution >= 0.6 is 11.3 Å². The first-order valence-electron chi connectivity index (χ1n) is 6.69. The van der Waals surface area contributed by atoms with E-state index < -0.39 is 10.0 Å². The second kappa shape index (κ2) is 5.91. The van der Waals surface area contributed by atoms with Crippen molar-refractivity contribution in [2.24, 2.45) is 11.8 Å². The minimum atomic E-state index is -3.35. The molecule has 0 aromatic carbocycles. The third-order valence-corrected chi connectivity index (χ3v) is 6.03. The van der Waals surface area contributed by atoms with Crippen LogP contribution in [0.2, 0.25) is 0 Å². The molecule has 4 nitrogen and oxygen atoms in total. The van der Waals surface area contributed by atoms with Gasteiger partial charge in [0.2, 0.25) is 10.0 Å². The molecule has 2 unspecified atom stereocenters.